The van der Waals surface area contributed by atoms with Crippen molar-refractivity contribution in [1.82, 2.24) is 10.0 Å². The van der Waals surface area contributed by atoms with Gasteiger partial charge in [-0.1, -0.05) is 12.1 Å². The van der Waals surface area contributed by atoms with E-state index in [2.05, 4.69) is 29.1 Å². The summed E-state index contributed by atoms with van der Waals surface area (Å²) in [6, 6.07) is 7.45. The monoisotopic (exact) mass is 316 g/mol. The normalized spacial score (nSPS) is 34.2. The molecule has 2 bridgehead atoms. The van der Waals surface area contributed by atoms with Crippen LogP contribution in [0.3, 0.4) is 0 Å². The van der Waals surface area contributed by atoms with E-state index in [0.717, 1.165) is 30.7 Å². The first-order chi connectivity index (χ1) is 10.5. The molecule has 5 rings (SSSR count). The first kappa shape index (κ1) is 14.2. The molecule has 0 amide bonds. The average molecular weight is 316 g/mol. The molecule has 3 saturated carbocycles. The number of nitrogens with one attached hydrogen (secondary N) is 2. The summed E-state index contributed by atoms with van der Waals surface area (Å²) in [6.45, 7) is 5.27. The van der Waals surface area contributed by atoms with Gasteiger partial charge in [0.2, 0.25) is 0 Å². The Morgan fingerprint density at radius 1 is 1.27 bits per heavy atom. The molecule has 0 saturated heterocycles. The fraction of sp³-hybridized carbons (Fsp3) is 0.562. The standard InChI is InChI=1S/C16H20N4OS/c1-14(2)10-17-13(18-14)15-7-16(8-15,9-15)20-22-12-6-4-3-5-11(12)19-21/h3-6,20H,7-10H2,1-2H3,(H,17,18). The first-order valence-electron chi connectivity index (χ1n) is 7.66. The van der Waals surface area contributed by atoms with Crippen LogP contribution in [0.1, 0.15) is 33.1 Å². The van der Waals surface area contributed by atoms with Gasteiger partial charge >= 0.3 is 0 Å². The molecular weight excluding hydrogens is 296 g/mol. The number of nitrogens with zero attached hydrogens (tertiary/aromatic N) is 2. The molecule has 0 unspecified atom stereocenters. The number of benzene rings is 1. The van der Waals surface area contributed by atoms with E-state index >= 15 is 0 Å². The highest BCUT2D eigenvalue weighted by atomic mass is 32.2. The molecule has 1 heterocycles. The smallest absolute Gasteiger partial charge is 0.122 e. The Balaban J connectivity index is 1.36. The van der Waals surface area contributed by atoms with E-state index in [0.29, 0.717) is 5.69 Å². The zero-order chi connectivity index (χ0) is 15.4. The lowest BCUT2D eigenvalue weighted by Crippen LogP contribution is -2.76. The van der Waals surface area contributed by atoms with Crippen LogP contribution < -0.4 is 10.0 Å². The minimum Gasteiger partial charge on any atom is -0.367 e. The van der Waals surface area contributed by atoms with E-state index in [4.69, 9.17) is 4.99 Å². The van der Waals surface area contributed by atoms with Crippen LogP contribution in [-0.2, 0) is 0 Å². The molecule has 4 aliphatic rings. The van der Waals surface area contributed by atoms with Crippen molar-refractivity contribution in [2.45, 2.75) is 49.1 Å². The van der Waals surface area contributed by atoms with E-state index in [1.165, 1.54) is 17.8 Å². The van der Waals surface area contributed by atoms with E-state index < -0.39 is 0 Å². The van der Waals surface area contributed by atoms with Gasteiger partial charge in [-0.2, -0.15) is 0 Å². The summed E-state index contributed by atoms with van der Waals surface area (Å²) in [5.41, 5.74) is 1.10. The van der Waals surface area contributed by atoms with Crippen molar-refractivity contribution in [2.75, 3.05) is 6.54 Å². The summed E-state index contributed by atoms with van der Waals surface area (Å²) in [5, 5.41) is 6.66. The summed E-state index contributed by atoms with van der Waals surface area (Å²) in [6.07, 6.45) is 3.39. The maximum absolute atomic E-state index is 10.8. The molecule has 6 heteroatoms. The number of hydrogen-bond acceptors (Lipinski definition) is 6. The van der Waals surface area contributed by atoms with Gasteiger partial charge in [0.15, 0.2) is 0 Å². The van der Waals surface area contributed by atoms with Gasteiger partial charge in [-0.05, 0) is 62.4 Å². The van der Waals surface area contributed by atoms with Gasteiger partial charge in [-0.25, -0.2) is 0 Å². The highest BCUT2D eigenvalue weighted by Crippen LogP contribution is 2.68. The lowest BCUT2D eigenvalue weighted by molar-refractivity contribution is -0.0847. The zero-order valence-corrected chi connectivity index (χ0v) is 13.7. The summed E-state index contributed by atoms with van der Waals surface area (Å²) >= 11 is 1.53. The highest BCUT2D eigenvalue weighted by Gasteiger charge is 2.71. The average Bonchev–Trinajstić information content (AvgIpc) is 2.76. The molecule has 2 N–H and O–H groups in total. The van der Waals surface area contributed by atoms with E-state index in [9.17, 15) is 4.91 Å². The van der Waals surface area contributed by atoms with Gasteiger partial charge in [0.05, 0.1) is 17.0 Å². The van der Waals surface area contributed by atoms with Crippen LogP contribution in [0.5, 0.6) is 0 Å². The Morgan fingerprint density at radius 3 is 2.64 bits per heavy atom. The maximum Gasteiger partial charge on any atom is 0.122 e. The summed E-state index contributed by atoms with van der Waals surface area (Å²) in [4.78, 5) is 16.4. The second-order valence-electron chi connectivity index (χ2n) is 7.53. The van der Waals surface area contributed by atoms with E-state index in [1.807, 2.05) is 18.2 Å². The molecule has 116 valence electrons. The van der Waals surface area contributed by atoms with Gasteiger partial charge < -0.3 is 5.32 Å². The number of hydrogen-bond donors (Lipinski definition) is 2. The topological polar surface area (TPSA) is 65.8 Å². The van der Waals surface area contributed by atoms with E-state index in [-0.39, 0.29) is 16.5 Å². The Morgan fingerprint density at radius 2 is 2.00 bits per heavy atom. The molecule has 1 aromatic rings. The van der Waals surface area contributed by atoms with Gasteiger partial charge in [0.1, 0.15) is 11.5 Å². The first-order valence-corrected chi connectivity index (χ1v) is 8.47. The Hall–Kier alpha value is -1.40. The van der Waals surface area contributed by atoms with Crippen LogP contribution in [0.4, 0.5) is 5.69 Å². The molecule has 3 fully saturated rings. The van der Waals surface area contributed by atoms with Gasteiger partial charge in [0.25, 0.3) is 0 Å². The third-order valence-electron chi connectivity index (χ3n) is 4.96. The van der Waals surface area contributed by atoms with Crippen LogP contribution in [0, 0.1) is 10.3 Å². The van der Waals surface area contributed by atoms with Crippen LogP contribution in [0.2, 0.25) is 0 Å². The van der Waals surface area contributed by atoms with Crippen LogP contribution in [0.25, 0.3) is 0 Å². The molecule has 1 aliphatic heterocycles. The van der Waals surface area contributed by atoms with Crippen molar-refractivity contribution in [2.24, 2.45) is 15.6 Å². The molecular formula is C16H20N4OS. The van der Waals surface area contributed by atoms with Crippen molar-refractivity contribution < 1.29 is 0 Å². The number of nitroso groups, excluding NO2 is 1. The van der Waals surface area contributed by atoms with E-state index in [1.54, 1.807) is 6.07 Å². The lowest BCUT2D eigenvalue weighted by atomic mass is 9.39. The van der Waals surface area contributed by atoms with Crippen molar-refractivity contribution in [3.05, 3.63) is 29.2 Å². The fourth-order valence-electron chi connectivity index (χ4n) is 3.91. The predicted molar refractivity (Wildman–Crippen MR) is 89.4 cm³/mol. The van der Waals surface area contributed by atoms with Crippen molar-refractivity contribution in [1.29, 1.82) is 0 Å². The lowest BCUT2D eigenvalue weighted by Gasteiger charge is -2.70. The molecule has 3 aliphatic carbocycles. The van der Waals surface area contributed by atoms with Crippen molar-refractivity contribution >= 4 is 23.5 Å². The van der Waals surface area contributed by atoms with Crippen molar-refractivity contribution in [3.8, 4) is 0 Å². The summed E-state index contributed by atoms with van der Waals surface area (Å²) < 4.78 is 3.56. The summed E-state index contributed by atoms with van der Waals surface area (Å²) in [7, 11) is 0. The SMILES string of the molecule is CC1(C)CN=C(C23CC(NSc4ccccc4N=O)(C2)C3)N1. The minimum atomic E-state index is 0.106. The molecule has 0 spiro atoms. The number of aliphatic imine (C=N–C) groups is 1. The van der Waals surface area contributed by atoms with Crippen LogP contribution in [0.15, 0.2) is 39.3 Å². The quantitative estimate of drug-likeness (QED) is 0.645. The predicted octanol–water partition coefficient (Wildman–Crippen LogP) is 3.38. The van der Waals surface area contributed by atoms with Crippen molar-refractivity contribution in [3.63, 3.8) is 0 Å². The van der Waals surface area contributed by atoms with Gasteiger partial charge in [0, 0.05) is 11.0 Å². The zero-order valence-electron chi connectivity index (χ0n) is 12.8. The Bertz CT molecular complexity index is 650. The number of rotatable bonds is 5. The third-order valence-corrected chi connectivity index (χ3v) is 6.06. The Labute approximate surface area is 134 Å². The minimum absolute atomic E-state index is 0.106. The highest BCUT2D eigenvalue weighted by molar-refractivity contribution is 7.97. The van der Waals surface area contributed by atoms with Gasteiger partial charge in [-0.15, -0.1) is 4.91 Å². The molecule has 0 radical (unpaired) electrons. The van der Waals surface area contributed by atoms with Crippen LogP contribution in [-0.4, -0.2) is 23.5 Å². The molecule has 22 heavy (non-hydrogen) atoms. The second kappa shape index (κ2) is 4.55. The Kier molecular flexibility index (Phi) is 2.94. The molecule has 0 atom stereocenters. The molecule has 5 nitrogen and oxygen atoms in total. The fourth-order valence-corrected chi connectivity index (χ4v) is 4.81. The largest absolute Gasteiger partial charge is 0.367 e. The maximum atomic E-state index is 10.8. The summed E-state index contributed by atoms with van der Waals surface area (Å²) in [5.74, 6) is 1.21. The third kappa shape index (κ3) is 2.08. The van der Waals surface area contributed by atoms with Gasteiger partial charge in [-0.3, -0.25) is 9.71 Å². The second-order valence-corrected chi connectivity index (χ2v) is 8.38. The number of amidine groups is 1. The van der Waals surface area contributed by atoms with Crippen LogP contribution >= 0.6 is 11.9 Å². The molecule has 0 aromatic heterocycles. The molecule has 1 aromatic carbocycles.